The summed E-state index contributed by atoms with van der Waals surface area (Å²) in [6.07, 6.45) is -0.277. The van der Waals surface area contributed by atoms with E-state index in [0.29, 0.717) is 12.1 Å². The lowest BCUT2D eigenvalue weighted by Crippen LogP contribution is -2.34. The Morgan fingerprint density at radius 3 is 2.65 bits per heavy atom. The third-order valence-corrected chi connectivity index (χ3v) is 6.82. The van der Waals surface area contributed by atoms with Gasteiger partial charge in [-0.1, -0.05) is 11.6 Å². The van der Waals surface area contributed by atoms with E-state index in [4.69, 9.17) is 40.0 Å². The summed E-state index contributed by atoms with van der Waals surface area (Å²) in [6.45, 7) is 0.866. The predicted molar refractivity (Wildman–Crippen MR) is 124 cm³/mol. The van der Waals surface area contributed by atoms with Gasteiger partial charge in [0.25, 0.3) is 6.01 Å². The first-order valence-electron chi connectivity index (χ1n) is 11.9. The van der Waals surface area contributed by atoms with Gasteiger partial charge in [0.15, 0.2) is 11.8 Å². The second-order valence-electron chi connectivity index (χ2n) is 9.11. The number of aliphatic hydroxyl groups is 1. The molecule has 0 spiro atoms. The van der Waals surface area contributed by atoms with Gasteiger partial charge in [0.1, 0.15) is 53.9 Å². The van der Waals surface area contributed by atoms with Crippen molar-refractivity contribution in [3.05, 3.63) is 40.4 Å². The number of rotatable bonds is 8. The molecular weight excluding hydrogens is 516 g/mol. The highest BCUT2D eigenvalue weighted by molar-refractivity contribution is 6.32. The van der Waals surface area contributed by atoms with Crippen LogP contribution >= 0.6 is 11.6 Å². The summed E-state index contributed by atoms with van der Waals surface area (Å²) in [7, 11) is 0. The Labute approximate surface area is 214 Å². The average molecular weight is 540 g/mol. The van der Waals surface area contributed by atoms with E-state index in [9.17, 15) is 13.9 Å². The summed E-state index contributed by atoms with van der Waals surface area (Å²) in [5, 5.41) is 10.00. The van der Waals surface area contributed by atoms with Crippen molar-refractivity contribution in [1.29, 1.82) is 0 Å². The summed E-state index contributed by atoms with van der Waals surface area (Å²) < 4.78 is 62.7. The van der Waals surface area contributed by atoms with Crippen molar-refractivity contribution in [3.8, 4) is 17.6 Å². The second-order valence-corrected chi connectivity index (χ2v) is 9.52. The van der Waals surface area contributed by atoms with Crippen LogP contribution in [-0.2, 0) is 20.8 Å². The molecule has 2 N–H and O–H groups in total. The van der Waals surface area contributed by atoms with Gasteiger partial charge in [-0.15, -0.1) is 0 Å². The van der Waals surface area contributed by atoms with Gasteiger partial charge in [-0.2, -0.15) is 9.97 Å². The van der Waals surface area contributed by atoms with E-state index in [1.54, 1.807) is 0 Å². The number of nitrogens with one attached hydrogen (secondary N) is 1. The van der Waals surface area contributed by atoms with Crippen LogP contribution in [0.5, 0.6) is 17.6 Å². The molecule has 6 rings (SSSR count). The Balaban J connectivity index is 1.12. The van der Waals surface area contributed by atoms with Crippen LogP contribution in [0.4, 0.5) is 8.78 Å². The fourth-order valence-electron chi connectivity index (χ4n) is 4.63. The van der Waals surface area contributed by atoms with Gasteiger partial charge >= 0.3 is 0 Å². The Hall–Kier alpha value is -2.77. The number of benzene rings is 1. The van der Waals surface area contributed by atoms with Gasteiger partial charge in [0.05, 0.1) is 30.4 Å². The number of pyridine rings is 1. The molecular formula is C24H24ClF2N3O7. The van der Waals surface area contributed by atoms with E-state index in [-0.39, 0.29) is 59.8 Å². The number of aliphatic hydroxyl groups excluding tert-OH is 1. The average Bonchev–Trinajstić information content (AvgIpc) is 3.65. The van der Waals surface area contributed by atoms with E-state index in [1.807, 2.05) is 0 Å². The van der Waals surface area contributed by atoms with Crippen LogP contribution in [-0.4, -0.2) is 77.0 Å². The summed E-state index contributed by atoms with van der Waals surface area (Å²) in [4.78, 5) is 11.5. The number of ether oxygens (including phenoxy) is 6. The number of halogens is 3. The molecule has 3 aliphatic heterocycles. The first-order chi connectivity index (χ1) is 17.9. The summed E-state index contributed by atoms with van der Waals surface area (Å²) in [5.41, 5.74) is 0.416. The van der Waals surface area contributed by atoms with Crippen LogP contribution < -0.4 is 14.2 Å². The van der Waals surface area contributed by atoms with E-state index < -0.39 is 42.7 Å². The number of aromatic nitrogens is 3. The minimum absolute atomic E-state index is 0.0452. The molecule has 37 heavy (non-hydrogen) atoms. The molecule has 0 saturated carbocycles. The monoisotopic (exact) mass is 539 g/mol. The van der Waals surface area contributed by atoms with Gasteiger partial charge in [0, 0.05) is 18.7 Å². The molecule has 3 aromatic rings. The van der Waals surface area contributed by atoms with E-state index >= 15 is 0 Å². The highest BCUT2D eigenvalue weighted by Gasteiger charge is 2.48. The van der Waals surface area contributed by atoms with Gasteiger partial charge in [0.2, 0.25) is 5.88 Å². The maximum Gasteiger partial charge on any atom is 0.296 e. The highest BCUT2D eigenvalue weighted by Crippen LogP contribution is 2.32. The maximum absolute atomic E-state index is 14.6. The maximum atomic E-state index is 14.6. The van der Waals surface area contributed by atoms with Crippen LogP contribution in [0.3, 0.4) is 0 Å². The molecule has 3 fully saturated rings. The molecule has 0 radical (unpaired) electrons. The van der Waals surface area contributed by atoms with Crippen LogP contribution in [0.2, 0.25) is 5.02 Å². The first kappa shape index (κ1) is 24.6. The SMILES string of the molecule is O[C@@H]1CO[C@H]2C1OC[C@H]2Oc1nc2nc(OCc3c(F)cc(OCC4CCCO4)cc3F)c(Cl)cc2[nH]1. The third-order valence-electron chi connectivity index (χ3n) is 6.55. The normalized spacial score (nSPS) is 27.1. The Bertz CT molecular complexity index is 1270. The molecule has 3 saturated heterocycles. The minimum Gasteiger partial charge on any atom is -0.491 e. The van der Waals surface area contributed by atoms with Crippen molar-refractivity contribution in [1.82, 2.24) is 15.0 Å². The fourth-order valence-corrected chi connectivity index (χ4v) is 4.84. The Kier molecular flexibility index (Phi) is 6.76. The Morgan fingerprint density at radius 1 is 1.05 bits per heavy atom. The minimum atomic E-state index is -0.814. The molecule has 1 aromatic carbocycles. The van der Waals surface area contributed by atoms with Crippen molar-refractivity contribution in [2.45, 2.75) is 50.0 Å². The van der Waals surface area contributed by atoms with E-state index in [0.717, 1.165) is 25.0 Å². The molecule has 5 heterocycles. The number of hydrogen-bond acceptors (Lipinski definition) is 9. The molecule has 2 unspecified atom stereocenters. The number of H-pyrrole nitrogens is 1. The van der Waals surface area contributed by atoms with Gasteiger partial charge in [-0.3, -0.25) is 0 Å². The zero-order valence-corrected chi connectivity index (χ0v) is 20.2. The second kappa shape index (κ2) is 10.2. The molecule has 13 heteroatoms. The van der Waals surface area contributed by atoms with Crippen molar-refractivity contribution >= 4 is 22.8 Å². The fraction of sp³-hybridized carbons (Fsp3) is 0.500. The standard InChI is InChI=1S/C24H24ClF2N3O7/c25-14-6-17-22(30-24(28-17)37-19-10-35-20-18(31)9-34-21(19)20)29-23(14)36-8-13-15(26)4-12(5-16(13)27)33-7-11-2-1-3-32-11/h4-6,11,18-21,31H,1-3,7-10H2,(H,28,29,30)/t11?,18-,19-,20?,21-/m1/s1. The smallest absolute Gasteiger partial charge is 0.296 e. The molecule has 10 nitrogen and oxygen atoms in total. The zero-order chi connectivity index (χ0) is 25.5. The highest BCUT2D eigenvalue weighted by atomic mass is 35.5. The summed E-state index contributed by atoms with van der Waals surface area (Å²) in [6, 6.07) is 3.90. The third kappa shape index (κ3) is 5.04. The molecule has 5 atom stereocenters. The van der Waals surface area contributed by atoms with Crippen molar-refractivity contribution < 1.29 is 42.3 Å². The van der Waals surface area contributed by atoms with Crippen molar-refractivity contribution in [2.75, 3.05) is 26.4 Å². The number of hydrogen-bond donors (Lipinski definition) is 2. The lowest BCUT2D eigenvalue weighted by molar-refractivity contribution is 0.00706. The molecule has 0 bridgehead atoms. The first-order valence-corrected chi connectivity index (χ1v) is 12.3. The van der Waals surface area contributed by atoms with Crippen LogP contribution in [0.1, 0.15) is 18.4 Å². The number of imidazole rings is 1. The lowest BCUT2D eigenvalue weighted by atomic mass is 10.1. The van der Waals surface area contributed by atoms with Crippen LogP contribution in [0.25, 0.3) is 11.2 Å². The van der Waals surface area contributed by atoms with Gasteiger partial charge < -0.3 is 38.5 Å². The predicted octanol–water partition coefficient (Wildman–Crippen LogP) is 2.93. The van der Waals surface area contributed by atoms with Crippen LogP contribution in [0, 0.1) is 11.6 Å². The van der Waals surface area contributed by atoms with E-state index in [2.05, 4.69) is 15.0 Å². The van der Waals surface area contributed by atoms with E-state index in [1.165, 1.54) is 6.07 Å². The molecule has 2 aromatic heterocycles. The molecule has 198 valence electrons. The van der Waals surface area contributed by atoms with Gasteiger partial charge in [-0.05, 0) is 18.9 Å². The topological polar surface area (TPSA) is 117 Å². The van der Waals surface area contributed by atoms with Gasteiger partial charge in [-0.25, -0.2) is 8.78 Å². The summed E-state index contributed by atoms with van der Waals surface area (Å²) in [5.74, 6) is -1.60. The zero-order valence-electron chi connectivity index (χ0n) is 19.5. The number of fused-ring (bicyclic) bond motifs is 2. The molecule has 0 amide bonds. The van der Waals surface area contributed by atoms with Crippen LogP contribution in [0.15, 0.2) is 18.2 Å². The Morgan fingerprint density at radius 2 is 1.86 bits per heavy atom. The van der Waals surface area contributed by atoms with Crippen molar-refractivity contribution in [2.24, 2.45) is 0 Å². The molecule has 3 aliphatic rings. The number of nitrogens with zero attached hydrogens (tertiary/aromatic N) is 2. The quantitative estimate of drug-likeness (QED) is 0.445. The largest absolute Gasteiger partial charge is 0.491 e. The summed E-state index contributed by atoms with van der Waals surface area (Å²) >= 11 is 6.28. The lowest BCUT2D eigenvalue weighted by Gasteiger charge is -2.15. The van der Waals surface area contributed by atoms with Crippen molar-refractivity contribution in [3.63, 3.8) is 0 Å². The molecule has 0 aliphatic carbocycles. The number of aromatic amines is 1.